The molecule has 1 aliphatic rings. The number of fused-ring (bicyclic) bond motifs is 1. The number of aromatic nitrogens is 3. The molecule has 4 rings (SSSR count). The van der Waals surface area contributed by atoms with Gasteiger partial charge < -0.3 is 9.88 Å². The molecule has 1 fully saturated rings. The summed E-state index contributed by atoms with van der Waals surface area (Å²) in [5.41, 5.74) is 2.29. The Balaban J connectivity index is 1.48. The summed E-state index contributed by atoms with van der Waals surface area (Å²) in [5, 5.41) is 3.56. The van der Waals surface area contributed by atoms with Crippen molar-refractivity contribution in [3.63, 3.8) is 0 Å². The van der Waals surface area contributed by atoms with Gasteiger partial charge in [0.05, 0.1) is 33.9 Å². The first kappa shape index (κ1) is 22.8. The van der Waals surface area contributed by atoms with Crippen LogP contribution in [0.5, 0.6) is 0 Å². The second-order valence-corrected chi connectivity index (χ2v) is 10.5. The quantitative estimate of drug-likeness (QED) is 0.505. The van der Waals surface area contributed by atoms with Gasteiger partial charge in [-0.1, -0.05) is 24.2 Å². The van der Waals surface area contributed by atoms with Crippen molar-refractivity contribution < 1.29 is 13.2 Å². The molecule has 0 spiro atoms. The maximum Gasteiger partial charge on any atom is 0.243 e. The van der Waals surface area contributed by atoms with E-state index in [1.54, 1.807) is 22.6 Å². The van der Waals surface area contributed by atoms with E-state index in [1.807, 2.05) is 35.8 Å². The molecule has 1 saturated heterocycles. The van der Waals surface area contributed by atoms with Gasteiger partial charge in [-0.3, -0.25) is 9.78 Å². The normalized spacial score (nSPS) is 15.2. The van der Waals surface area contributed by atoms with Gasteiger partial charge in [0.15, 0.2) is 5.16 Å². The third-order valence-corrected chi connectivity index (χ3v) is 8.35. The minimum atomic E-state index is -3.52. The molecule has 1 amide bonds. The average Bonchev–Trinajstić information content (AvgIpc) is 3.19. The number of imidazole rings is 1. The van der Waals surface area contributed by atoms with Gasteiger partial charge >= 0.3 is 0 Å². The van der Waals surface area contributed by atoms with Gasteiger partial charge in [-0.15, -0.1) is 0 Å². The van der Waals surface area contributed by atoms with Crippen molar-refractivity contribution in [2.45, 2.75) is 49.3 Å². The van der Waals surface area contributed by atoms with Crippen LogP contribution in [0.3, 0.4) is 0 Å². The lowest BCUT2D eigenvalue weighted by Gasteiger charge is -2.25. The van der Waals surface area contributed by atoms with Crippen LogP contribution >= 0.6 is 11.8 Å². The largest absolute Gasteiger partial charge is 0.350 e. The fourth-order valence-electron chi connectivity index (χ4n) is 3.79. The summed E-state index contributed by atoms with van der Waals surface area (Å²) in [6, 6.07) is 10.7. The van der Waals surface area contributed by atoms with E-state index in [9.17, 15) is 13.2 Å². The number of hydrogen-bond acceptors (Lipinski definition) is 6. The highest BCUT2D eigenvalue weighted by atomic mass is 32.2. The van der Waals surface area contributed by atoms with Gasteiger partial charge in [-0.25, -0.2) is 13.4 Å². The van der Waals surface area contributed by atoms with Gasteiger partial charge in [0.25, 0.3) is 0 Å². The number of rotatable bonds is 8. The van der Waals surface area contributed by atoms with Gasteiger partial charge in [-0.05, 0) is 50.1 Å². The summed E-state index contributed by atoms with van der Waals surface area (Å²) in [6.45, 7) is 4.19. The van der Waals surface area contributed by atoms with Crippen LogP contribution in [0, 0.1) is 0 Å². The minimum absolute atomic E-state index is 0.108. The first-order valence-electron chi connectivity index (χ1n) is 10.8. The van der Waals surface area contributed by atoms with E-state index in [2.05, 4.69) is 15.3 Å². The number of thioether (sulfide) groups is 1. The number of piperidine rings is 1. The second-order valence-electron chi connectivity index (χ2n) is 7.64. The number of pyridine rings is 1. The molecule has 32 heavy (non-hydrogen) atoms. The molecule has 170 valence electrons. The Morgan fingerprint density at radius 2 is 1.97 bits per heavy atom. The van der Waals surface area contributed by atoms with E-state index in [-0.39, 0.29) is 16.6 Å². The molecule has 0 unspecified atom stereocenters. The third kappa shape index (κ3) is 4.97. The smallest absolute Gasteiger partial charge is 0.243 e. The van der Waals surface area contributed by atoms with Crippen molar-refractivity contribution in [2.24, 2.45) is 0 Å². The lowest BCUT2D eigenvalue weighted by molar-refractivity contribution is -0.118. The minimum Gasteiger partial charge on any atom is -0.350 e. The summed E-state index contributed by atoms with van der Waals surface area (Å²) in [6.07, 6.45) is 4.56. The number of aryl methyl sites for hydroxylation is 1. The maximum absolute atomic E-state index is 13.0. The Morgan fingerprint density at radius 3 is 2.69 bits per heavy atom. The Kier molecular flexibility index (Phi) is 7.12. The molecule has 3 heterocycles. The van der Waals surface area contributed by atoms with Gasteiger partial charge in [0.1, 0.15) is 0 Å². The molecule has 1 aliphatic heterocycles. The highest BCUT2D eigenvalue weighted by Crippen LogP contribution is 2.28. The zero-order valence-corrected chi connectivity index (χ0v) is 19.7. The van der Waals surface area contributed by atoms with E-state index in [0.29, 0.717) is 36.9 Å². The molecule has 0 atom stereocenters. The molecule has 2 aromatic heterocycles. The summed E-state index contributed by atoms with van der Waals surface area (Å²) in [5.74, 6) is 0.110. The summed E-state index contributed by atoms with van der Waals surface area (Å²) in [4.78, 5) is 21.4. The van der Waals surface area contributed by atoms with E-state index in [4.69, 9.17) is 0 Å². The zero-order chi connectivity index (χ0) is 22.6. The molecular formula is C22H27N5O3S2. The molecule has 1 N–H and O–H groups in total. The first-order chi connectivity index (χ1) is 15.5. The zero-order valence-electron chi connectivity index (χ0n) is 18.0. The Morgan fingerprint density at radius 1 is 1.16 bits per heavy atom. The van der Waals surface area contributed by atoms with E-state index in [0.717, 1.165) is 30.5 Å². The predicted molar refractivity (Wildman–Crippen MR) is 125 cm³/mol. The molecule has 0 bridgehead atoms. The van der Waals surface area contributed by atoms with E-state index < -0.39 is 10.0 Å². The molecule has 3 aromatic rings. The molecule has 8 nitrogen and oxygen atoms in total. The number of hydrogen-bond donors (Lipinski definition) is 1. The van der Waals surface area contributed by atoms with E-state index >= 15 is 0 Å². The maximum atomic E-state index is 13.0. The number of amides is 1. The molecule has 0 saturated carbocycles. The summed E-state index contributed by atoms with van der Waals surface area (Å²) >= 11 is 1.34. The van der Waals surface area contributed by atoms with Crippen LogP contribution in [-0.2, 0) is 27.9 Å². The first-order valence-corrected chi connectivity index (χ1v) is 13.2. The van der Waals surface area contributed by atoms with E-state index in [1.165, 1.54) is 11.8 Å². The molecule has 0 radical (unpaired) electrons. The van der Waals surface area contributed by atoms with Crippen molar-refractivity contribution in [3.05, 3.63) is 48.3 Å². The van der Waals surface area contributed by atoms with Crippen molar-refractivity contribution in [3.8, 4) is 0 Å². The third-order valence-electron chi connectivity index (χ3n) is 5.48. The molecule has 1 aromatic carbocycles. The van der Waals surface area contributed by atoms with Crippen LogP contribution in [0.4, 0.5) is 0 Å². The lowest BCUT2D eigenvalue weighted by Crippen LogP contribution is -2.35. The Labute approximate surface area is 192 Å². The predicted octanol–water partition coefficient (Wildman–Crippen LogP) is 3.03. The van der Waals surface area contributed by atoms with Crippen molar-refractivity contribution in [1.82, 2.24) is 24.2 Å². The number of nitrogens with zero attached hydrogens (tertiary/aromatic N) is 4. The van der Waals surface area contributed by atoms with Crippen LogP contribution in [-0.4, -0.2) is 52.0 Å². The van der Waals surface area contributed by atoms with Crippen LogP contribution in [0.1, 0.15) is 31.9 Å². The fraction of sp³-hybridized carbons (Fsp3) is 0.409. The summed E-state index contributed by atoms with van der Waals surface area (Å²) < 4.78 is 29.6. The van der Waals surface area contributed by atoms with Crippen LogP contribution in [0.25, 0.3) is 11.0 Å². The van der Waals surface area contributed by atoms with Gasteiger partial charge in [0.2, 0.25) is 15.9 Å². The highest BCUT2D eigenvalue weighted by molar-refractivity contribution is 7.99. The van der Waals surface area contributed by atoms with Crippen LogP contribution in [0.15, 0.2) is 52.6 Å². The lowest BCUT2D eigenvalue weighted by atomic mass is 10.2. The van der Waals surface area contributed by atoms with Crippen LogP contribution < -0.4 is 5.32 Å². The van der Waals surface area contributed by atoms with Gasteiger partial charge in [-0.2, -0.15) is 4.31 Å². The molecule has 0 aliphatic carbocycles. The highest BCUT2D eigenvalue weighted by Gasteiger charge is 2.26. The fourth-order valence-corrected chi connectivity index (χ4v) is 6.24. The Bertz CT molecular complexity index is 1190. The topological polar surface area (TPSA) is 97.2 Å². The number of carbonyl (C=O) groups excluding carboxylic acids is 1. The van der Waals surface area contributed by atoms with Crippen molar-refractivity contribution in [1.29, 1.82) is 0 Å². The Hall–Kier alpha value is -2.43. The summed E-state index contributed by atoms with van der Waals surface area (Å²) in [7, 11) is -3.52. The average molecular weight is 474 g/mol. The van der Waals surface area contributed by atoms with Gasteiger partial charge in [0, 0.05) is 25.8 Å². The SMILES string of the molecule is CCn1c(SCC(=O)NCc2ccccn2)nc2cc(S(=O)(=O)N3CCCCC3)ccc21. The molecule has 10 heteroatoms. The standard InChI is InChI=1S/C22H27N5O3S2/c1-2-27-20-10-9-18(32(29,30)26-12-6-3-7-13-26)14-19(20)25-22(27)31-16-21(28)24-15-17-8-4-5-11-23-17/h4-5,8-11,14H,2-3,6-7,12-13,15-16H2,1H3,(H,24,28). The van der Waals surface area contributed by atoms with Crippen molar-refractivity contribution in [2.75, 3.05) is 18.8 Å². The van der Waals surface area contributed by atoms with Crippen LogP contribution in [0.2, 0.25) is 0 Å². The number of sulfonamides is 1. The second kappa shape index (κ2) is 10.0. The number of carbonyl (C=O) groups is 1. The van der Waals surface area contributed by atoms with Crippen molar-refractivity contribution >= 4 is 38.7 Å². The number of benzene rings is 1. The number of nitrogens with one attached hydrogen (secondary N) is 1. The monoisotopic (exact) mass is 473 g/mol. The molecular weight excluding hydrogens is 446 g/mol.